The van der Waals surface area contributed by atoms with E-state index in [4.69, 9.17) is 30.2 Å². The van der Waals surface area contributed by atoms with E-state index < -0.39 is 0 Å². The van der Waals surface area contributed by atoms with Crippen LogP contribution in [-0.4, -0.2) is 16.3 Å². The second-order valence-electron chi connectivity index (χ2n) is 5.67. The Bertz CT molecular complexity index is 225. The Kier molecular flexibility index (Phi) is 15.6. The molecule has 3 heteroatoms. The number of rotatable bonds is 15. The van der Waals surface area contributed by atoms with Gasteiger partial charge in [-0.3, -0.25) is 0 Å². The molecular formula is C17H33NS2. The summed E-state index contributed by atoms with van der Waals surface area (Å²) in [7, 11) is 0. The molecule has 0 aliphatic rings. The van der Waals surface area contributed by atoms with Gasteiger partial charge in [0.15, 0.2) is 0 Å². The van der Waals surface area contributed by atoms with Crippen molar-refractivity contribution in [2.45, 2.75) is 90.4 Å². The zero-order chi connectivity index (χ0) is 15.1. The van der Waals surface area contributed by atoms with Gasteiger partial charge in [0, 0.05) is 9.73 Å². The van der Waals surface area contributed by atoms with E-state index >= 15 is 0 Å². The summed E-state index contributed by atoms with van der Waals surface area (Å²) < 4.78 is 0. The molecule has 2 N–H and O–H groups in total. The Morgan fingerprint density at radius 1 is 0.650 bits per heavy atom. The first-order valence-corrected chi connectivity index (χ1v) is 9.30. The molecule has 0 aliphatic heterocycles. The number of hydrogen-bond donors (Lipinski definition) is 1. The van der Waals surface area contributed by atoms with Crippen molar-refractivity contribution in [1.82, 2.24) is 0 Å². The van der Waals surface area contributed by atoms with Crippen molar-refractivity contribution in [3.63, 3.8) is 0 Å². The second-order valence-corrected chi connectivity index (χ2v) is 6.66. The molecule has 0 heterocycles. The van der Waals surface area contributed by atoms with E-state index in [1.165, 1.54) is 64.2 Å². The van der Waals surface area contributed by atoms with Crippen molar-refractivity contribution in [1.29, 1.82) is 0 Å². The third-order valence-corrected chi connectivity index (χ3v) is 4.71. The van der Waals surface area contributed by atoms with Gasteiger partial charge in [0.05, 0.1) is 0 Å². The third-order valence-electron chi connectivity index (χ3n) is 3.68. The van der Waals surface area contributed by atoms with Crippen LogP contribution >= 0.6 is 24.4 Å². The maximum atomic E-state index is 5.48. The van der Waals surface area contributed by atoms with Crippen LogP contribution in [0.3, 0.4) is 0 Å². The van der Waals surface area contributed by atoms with Crippen LogP contribution in [0, 0.1) is 0 Å². The van der Waals surface area contributed by atoms with Crippen molar-refractivity contribution >= 4 is 34.2 Å². The van der Waals surface area contributed by atoms with Crippen LogP contribution in [0.5, 0.6) is 0 Å². The number of thiocarbonyl (C=S) groups is 2. The lowest BCUT2D eigenvalue weighted by atomic mass is 10.0. The van der Waals surface area contributed by atoms with Crippen molar-refractivity contribution in [2.75, 3.05) is 6.54 Å². The molecule has 0 rings (SSSR count). The summed E-state index contributed by atoms with van der Waals surface area (Å²) in [6.45, 7) is 3.07. The minimum Gasteiger partial charge on any atom is -0.330 e. The van der Waals surface area contributed by atoms with E-state index in [1.54, 1.807) is 0 Å². The van der Waals surface area contributed by atoms with E-state index in [-0.39, 0.29) is 0 Å². The van der Waals surface area contributed by atoms with Crippen LogP contribution in [0.2, 0.25) is 0 Å². The van der Waals surface area contributed by atoms with Crippen LogP contribution in [0.15, 0.2) is 0 Å². The van der Waals surface area contributed by atoms with Gasteiger partial charge in [0.1, 0.15) is 0 Å². The molecule has 0 atom stereocenters. The molecule has 0 bridgehead atoms. The average Bonchev–Trinajstić information content (AvgIpc) is 2.45. The van der Waals surface area contributed by atoms with Gasteiger partial charge in [0.25, 0.3) is 0 Å². The Morgan fingerprint density at radius 2 is 1.05 bits per heavy atom. The zero-order valence-corrected chi connectivity index (χ0v) is 14.9. The van der Waals surface area contributed by atoms with E-state index in [2.05, 4.69) is 6.92 Å². The Balaban J connectivity index is 3.40. The number of hydrogen-bond acceptors (Lipinski definition) is 3. The van der Waals surface area contributed by atoms with Crippen LogP contribution in [0.1, 0.15) is 90.4 Å². The fourth-order valence-electron chi connectivity index (χ4n) is 2.30. The van der Waals surface area contributed by atoms with Gasteiger partial charge >= 0.3 is 0 Å². The second kappa shape index (κ2) is 15.5. The molecule has 0 unspecified atom stereocenters. The number of unbranched alkanes of at least 4 members (excludes halogenated alkanes) is 9. The van der Waals surface area contributed by atoms with Crippen molar-refractivity contribution < 1.29 is 0 Å². The van der Waals surface area contributed by atoms with Gasteiger partial charge in [-0.15, -0.1) is 0 Å². The molecule has 0 aromatic carbocycles. The van der Waals surface area contributed by atoms with Crippen LogP contribution < -0.4 is 5.73 Å². The fourth-order valence-corrected chi connectivity index (χ4v) is 2.80. The summed E-state index contributed by atoms with van der Waals surface area (Å²) in [5, 5.41) is 0. The van der Waals surface area contributed by atoms with Gasteiger partial charge in [-0.2, -0.15) is 0 Å². The monoisotopic (exact) mass is 315 g/mol. The van der Waals surface area contributed by atoms with Gasteiger partial charge in [-0.25, -0.2) is 0 Å². The molecule has 0 radical (unpaired) electrons. The normalized spacial score (nSPS) is 10.7. The first kappa shape index (κ1) is 20.1. The standard InChI is InChI=1S/C17H33NS2/c1-2-3-4-5-7-10-13-16(19)17(20)14-11-8-6-9-12-15-18/h2-15,18H2,1H3. The molecule has 1 nitrogen and oxygen atoms in total. The van der Waals surface area contributed by atoms with E-state index in [9.17, 15) is 0 Å². The summed E-state index contributed by atoms with van der Waals surface area (Å²) >= 11 is 10.9. The summed E-state index contributed by atoms with van der Waals surface area (Å²) in [4.78, 5) is 2.10. The quantitative estimate of drug-likeness (QED) is 0.306. The highest BCUT2D eigenvalue weighted by atomic mass is 32.1. The SMILES string of the molecule is CCCCCCCCC(=S)C(=S)CCCCCCCN. The third kappa shape index (κ3) is 13.1. The maximum Gasteiger partial charge on any atom is 0.0291 e. The summed E-state index contributed by atoms with van der Waals surface area (Å²) in [5.74, 6) is 0. The summed E-state index contributed by atoms with van der Waals surface area (Å²) in [5.41, 5.74) is 5.48. The highest BCUT2D eigenvalue weighted by molar-refractivity contribution is 7.89. The molecular weight excluding hydrogens is 282 g/mol. The zero-order valence-electron chi connectivity index (χ0n) is 13.3. The lowest BCUT2D eigenvalue weighted by Gasteiger charge is -2.06. The molecule has 0 saturated carbocycles. The summed E-state index contributed by atoms with van der Waals surface area (Å²) in [6.07, 6.45) is 16.1. The Hall–Kier alpha value is 0.140. The highest BCUT2D eigenvalue weighted by Crippen LogP contribution is 2.11. The van der Waals surface area contributed by atoms with Crippen LogP contribution in [0.4, 0.5) is 0 Å². The predicted octanol–water partition coefficient (Wildman–Crippen LogP) is 5.78. The molecule has 20 heavy (non-hydrogen) atoms. The Morgan fingerprint density at radius 3 is 1.50 bits per heavy atom. The minimum atomic E-state index is 0.820. The fraction of sp³-hybridized carbons (Fsp3) is 0.882. The molecule has 0 spiro atoms. The lowest BCUT2D eigenvalue weighted by Crippen LogP contribution is -2.08. The Labute approximate surface area is 137 Å². The van der Waals surface area contributed by atoms with Gasteiger partial charge in [0.2, 0.25) is 0 Å². The topological polar surface area (TPSA) is 26.0 Å². The molecule has 0 aromatic heterocycles. The van der Waals surface area contributed by atoms with Gasteiger partial charge < -0.3 is 5.73 Å². The van der Waals surface area contributed by atoms with Crippen LogP contribution in [-0.2, 0) is 0 Å². The molecule has 0 amide bonds. The van der Waals surface area contributed by atoms with Crippen molar-refractivity contribution in [3.8, 4) is 0 Å². The molecule has 0 aromatic rings. The highest BCUT2D eigenvalue weighted by Gasteiger charge is 2.04. The minimum absolute atomic E-state index is 0.820. The predicted molar refractivity (Wildman–Crippen MR) is 99.9 cm³/mol. The molecule has 0 fully saturated rings. The van der Waals surface area contributed by atoms with Gasteiger partial charge in [-0.05, 0) is 38.6 Å². The first-order valence-electron chi connectivity index (χ1n) is 8.48. The van der Waals surface area contributed by atoms with E-state index in [1.807, 2.05) is 0 Å². The molecule has 0 aliphatic carbocycles. The van der Waals surface area contributed by atoms with E-state index in [0.717, 1.165) is 35.5 Å². The van der Waals surface area contributed by atoms with E-state index in [0.29, 0.717) is 0 Å². The van der Waals surface area contributed by atoms with Crippen molar-refractivity contribution in [3.05, 3.63) is 0 Å². The molecule has 118 valence electrons. The lowest BCUT2D eigenvalue weighted by molar-refractivity contribution is 0.616. The maximum absolute atomic E-state index is 5.48. The average molecular weight is 316 g/mol. The summed E-state index contributed by atoms with van der Waals surface area (Å²) in [6, 6.07) is 0. The largest absolute Gasteiger partial charge is 0.330 e. The first-order chi connectivity index (χ1) is 9.72. The van der Waals surface area contributed by atoms with Gasteiger partial charge in [-0.1, -0.05) is 82.7 Å². The number of nitrogens with two attached hydrogens (primary N) is 1. The van der Waals surface area contributed by atoms with Crippen LogP contribution in [0.25, 0.3) is 0 Å². The molecule has 0 saturated heterocycles. The smallest absolute Gasteiger partial charge is 0.0291 e. The van der Waals surface area contributed by atoms with Crippen molar-refractivity contribution in [2.24, 2.45) is 5.73 Å².